The fraction of sp³-hybridized carbons (Fsp3) is 0.231. The van der Waals surface area contributed by atoms with Crippen LogP contribution in [-0.2, 0) is 17.9 Å². The normalized spacial score (nSPS) is 10.9. The number of carbonyl (C=O) groups excluding carboxylic acids is 1. The number of aryl methyl sites for hydroxylation is 1. The molecule has 0 saturated heterocycles. The number of nitrogens with one attached hydrogen (secondary N) is 1. The number of carboxylic acid groups (broad SMARTS) is 1. The first-order valence-corrected chi connectivity index (χ1v) is 7.13. The lowest BCUT2D eigenvalue weighted by Crippen LogP contribution is -2.24. The number of nitrogens with zero attached hydrogens (tertiary/aromatic N) is 3. The molecule has 110 valence electrons. The first-order valence-electron chi connectivity index (χ1n) is 6.25. The smallest absolute Gasteiger partial charge is 0.328 e. The lowest BCUT2D eigenvalue weighted by atomic mass is 10.2. The highest BCUT2D eigenvalue weighted by molar-refractivity contribution is 7.12. The van der Waals surface area contributed by atoms with E-state index < -0.39 is 5.97 Å². The number of hydrogen-bond acceptors (Lipinski definition) is 5. The fourth-order valence-electron chi connectivity index (χ4n) is 1.72. The molecule has 2 rings (SSSR count). The van der Waals surface area contributed by atoms with Crippen molar-refractivity contribution in [1.29, 1.82) is 0 Å². The third-order valence-corrected chi connectivity index (χ3v) is 3.68. The van der Waals surface area contributed by atoms with Gasteiger partial charge in [-0.1, -0.05) is 0 Å². The van der Waals surface area contributed by atoms with Crippen molar-refractivity contribution < 1.29 is 14.7 Å². The minimum atomic E-state index is -1.05. The lowest BCUT2D eigenvalue weighted by Gasteiger charge is -2.05. The number of thiophene rings is 1. The van der Waals surface area contributed by atoms with Crippen LogP contribution >= 0.6 is 11.3 Å². The first kappa shape index (κ1) is 14.9. The van der Waals surface area contributed by atoms with Gasteiger partial charge in [-0.2, -0.15) is 0 Å². The second-order valence-electron chi connectivity index (χ2n) is 4.09. The summed E-state index contributed by atoms with van der Waals surface area (Å²) in [5.74, 6) is -0.644. The molecule has 1 amide bonds. The van der Waals surface area contributed by atoms with Crippen molar-refractivity contribution in [2.45, 2.75) is 20.0 Å². The summed E-state index contributed by atoms with van der Waals surface area (Å²) in [6.45, 7) is 2.96. The van der Waals surface area contributed by atoms with Gasteiger partial charge in [0.05, 0.1) is 11.4 Å². The molecule has 2 aromatic heterocycles. The van der Waals surface area contributed by atoms with Crippen molar-refractivity contribution in [3.05, 3.63) is 40.1 Å². The van der Waals surface area contributed by atoms with Gasteiger partial charge >= 0.3 is 5.97 Å². The van der Waals surface area contributed by atoms with Crippen LogP contribution in [0.1, 0.15) is 28.0 Å². The molecular formula is C13H14N4O3S. The Morgan fingerprint density at radius 2 is 2.33 bits per heavy atom. The van der Waals surface area contributed by atoms with Crippen LogP contribution in [0.4, 0.5) is 0 Å². The Morgan fingerprint density at radius 1 is 1.52 bits per heavy atom. The summed E-state index contributed by atoms with van der Waals surface area (Å²) < 4.78 is 1.83. The average molecular weight is 306 g/mol. The van der Waals surface area contributed by atoms with E-state index in [1.165, 1.54) is 17.4 Å². The standard InChI is InChI=1S/C13H14N4O3S/c1-2-17-8-15-16-10(17)7-14-13(20)12-9(5-6-21-12)3-4-11(18)19/h3-6,8H,2,7H2,1H3,(H,14,20)(H,18,19)/b4-3+. The third kappa shape index (κ3) is 3.76. The summed E-state index contributed by atoms with van der Waals surface area (Å²) >= 11 is 1.26. The quantitative estimate of drug-likeness (QED) is 0.786. The molecule has 2 heterocycles. The zero-order valence-electron chi connectivity index (χ0n) is 11.3. The van der Waals surface area contributed by atoms with Crippen molar-refractivity contribution in [2.75, 3.05) is 0 Å². The Kier molecular flexibility index (Phi) is 4.83. The topological polar surface area (TPSA) is 97.1 Å². The van der Waals surface area contributed by atoms with Crippen LogP contribution in [0.15, 0.2) is 23.8 Å². The van der Waals surface area contributed by atoms with E-state index in [1.807, 2.05) is 11.5 Å². The van der Waals surface area contributed by atoms with E-state index in [2.05, 4.69) is 15.5 Å². The van der Waals surface area contributed by atoms with Gasteiger partial charge in [0.2, 0.25) is 0 Å². The van der Waals surface area contributed by atoms with E-state index in [0.717, 1.165) is 12.6 Å². The summed E-state index contributed by atoms with van der Waals surface area (Å²) in [6, 6.07) is 1.70. The van der Waals surface area contributed by atoms with Gasteiger partial charge < -0.3 is 15.0 Å². The molecule has 0 saturated carbocycles. The van der Waals surface area contributed by atoms with Gasteiger partial charge in [0.1, 0.15) is 6.33 Å². The summed E-state index contributed by atoms with van der Waals surface area (Å²) in [7, 11) is 0. The average Bonchev–Trinajstić information content (AvgIpc) is 3.10. The number of amides is 1. The van der Waals surface area contributed by atoms with Crippen molar-refractivity contribution in [2.24, 2.45) is 0 Å². The van der Waals surface area contributed by atoms with Gasteiger partial charge in [0.25, 0.3) is 5.91 Å². The molecule has 21 heavy (non-hydrogen) atoms. The van der Waals surface area contributed by atoms with Crippen molar-refractivity contribution in [3.8, 4) is 0 Å². The van der Waals surface area contributed by atoms with Gasteiger partial charge in [0, 0.05) is 12.6 Å². The predicted molar refractivity (Wildman–Crippen MR) is 77.9 cm³/mol. The molecule has 0 unspecified atom stereocenters. The van der Waals surface area contributed by atoms with Gasteiger partial charge in [-0.15, -0.1) is 21.5 Å². The Morgan fingerprint density at radius 3 is 3.05 bits per heavy atom. The van der Waals surface area contributed by atoms with Crippen LogP contribution in [-0.4, -0.2) is 31.7 Å². The molecule has 8 heteroatoms. The Hall–Kier alpha value is -2.48. The summed E-state index contributed by atoms with van der Waals surface area (Å²) in [5.41, 5.74) is 0.580. The Balaban J connectivity index is 2.04. The van der Waals surface area contributed by atoms with Crippen LogP contribution in [0.25, 0.3) is 6.08 Å². The van der Waals surface area contributed by atoms with Crippen LogP contribution in [0.2, 0.25) is 0 Å². The fourth-order valence-corrected chi connectivity index (χ4v) is 2.52. The monoisotopic (exact) mass is 306 g/mol. The molecule has 0 aliphatic rings. The molecule has 0 aliphatic heterocycles. The van der Waals surface area contributed by atoms with Crippen molar-refractivity contribution in [1.82, 2.24) is 20.1 Å². The molecule has 0 fully saturated rings. The number of aliphatic carboxylic acids is 1. The summed E-state index contributed by atoms with van der Waals surface area (Å²) in [4.78, 5) is 23.1. The molecule has 0 spiro atoms. The lowest BCUT2D eigenvalue weighted by molar-refractivity contribution is -0.131. The predicted octanol–water partition coefficient (Wildman–Crippen LogP) is 1.39. The van der Waals surface area contributed by atoms with E-state index in [-0.39, 0.29) is 12.5 Å². The number of hydrogen-bond donors (Lipinski definition) is 2. The third-order valence-electron chi connectivity index (χ3n) is 2.75. The van der Waals surface area contributed by atoms with E-state index in [0.29, 0.717) is 16.3 Å². The minimum absolute atomic E-state index is 0.263. The molecule has 7 nitrogen and oxygen atoms in total. The number of aromatic nitrogens is 3. The van der Waals surface area contributed by atoms with E-state index in [1.54, 1.807) is 17.8 Å². The zero-order valence-corrected chi connectivity index (χ0v) is 12.1. The number of carboxylic acids is 1. The second kappa shape index (κ2) is 6.80. The summed E-state index contributed by atoms with van der Waals surface area (Å²) in [6.07, 6.45) is 4.02. The van der Waals surface area contributed by atoms with E-state index >= 15 is 0 Å². The highest BCUT2D eigenvalue weighted by Crippen LogP contribution is 2.18. The maximum absolute atomic E-state index is 12.1. The van der Waals surface area contributed by atoms with Crippen LogP contribution in [0.5, 0.6) is 0 Å². The highest BCUT2D eigenvalue weighted by atomic mass is 32.1. The zero-order chi connectivity index (χ0) is 15.2. The van der Waals surface area contributed by atoms with Crippen LogP contribution < -0.4 is 5.32 Å². The SMILES string of the molecule is CCn1cnnc1CNC(=O)c1sccc1/C=C/C(=O)O. The molecule has 0 bridgehead atoms. The molecule has 0 aliphatic carbocycles. The van der Waals surface area contributed by atoms with Crippen molar-refractivity contribution >= 4 is 29.3 Å². The second-order valence-corrected chi connectivity index (χ2v) is 5.01. The summed E-state index contributed by atoms with van der Waals surface area (Å²) in [5, 5.41) is 20.8. The van der Waals surface area contributed by atoms with Gasteiger partial charge in [-0.3, -0.25) is 4.79 Å². The number of carbonyl (C=O) groups is 2. The molecule has 0 aromatic carbocycles. The molecular weight excluding hydrogens is 292 g/mol. The van der Waals surface area contributed by atoms with Crippen LogP contribution in [0, 0.1) is 0 Å². The maximum atomic E-state index is 12.1. The molecule has 0 radical (unpaired) electrons. The Labute approximate surface area is 124 Å². The molecule has 0 atom stereocenters. The Bertz CT molecular complexity index is 675. The minimum Gasteiger partial charge on any atom is -0.478 e. The first-order chi connectivity index (χ1) is 10.1. The molecule has 2 N–H and O–H groups in total. The van der Waals surface area contributed by atoms with Gasteiger partial charge in [-0.05, 0) is 30.0 Å². The maximum Gasteiger partial charge on any atom is 0.328 e. The highest BCUT2D eigenvalue weighted by Gasteiger charge is 2.12. The van der Waals surface area contributed by atoms with Gasteiger partial charge in [-0.25, -0.2) is 4.79 Å². The van der Waals surface area contributed by atoms with Crippen LogP contribution in [0.3, 0.4) is 0 Å². The van der Waals surface area contributed by atoms with E-state index in [4.69, 9.17) is 5.11 Å². The largest absolute Gasteiger partial charge is 0.478 e. The van der Waals surface area contributed by atoms with Gasteiger partial charge in [0.15, 0.2) is 5.82 Å². The number of rotatable bonds is 6. The van der Waals surface area contributed by atoms with Crippen molar-refractivity contribution in [3.63, 3.8) is 0 Å². The van der Waals surface area contributed by atoms with E-state index in [9.17, 15) is 9.59 Å². The molecule has 2 aromatic rings.